The monoisotopic (exact) mass is 356 g/mol. The van der Waals surface area contributed by atoms with Crippen LogP contribution in [0.2, 0.25) is 0 Å². The van der Waals surface area contributed by atoms with Crippen LogP contribution >= 0.6 is 0 Å². The van der Waals surface area contributed by atoms with Crippen molar-refractivity contribution in [2.75, 3.05) is 25.0 Å². The number of carbonyl (C=O) groups excluding carboxylic acids is 1. The summed E-state index contributed by atoms with van der Waals surface area (Å²) in [7, 11) is 0. The molecule has 26 heavy (non-hydrogen) atoms. The van der Waals surface area contributed by atoms with E-state index >= 15 is 0 Å². The van der Waals surface area contributed by atoms with Gasteiger partial charge < -0.3 is 15.0 Å². The Morgan fingerprint density at radius 1 is 1.19 bits per heavy atom. The van der Waals surface area contributed by atoms with Crippen LogP contribution in [0.4, 0.5) is 5.69 Å². The van der Waals surface area contributed by atoms with Crippen LogP contribution in [0.1, 0.15) is 32.7 Å². The Morgan fingerprint density at radius 2 is 1.88 bits per heavy atom. The lowest BCUT2D eigenvalue weighted by Crippen LogP contribution is -2.49. The Hall–Kier alpha value is -2.48. The Morgan fingerprint density at radius 3 is 2.54 bits per heavy atom. The number of amides is 1. The molecule has 8 nitrogen and oxygen atoms in total. The lowest BCUT2D eigenvalue weighted by Gasteiger charge is -2.35. The third kappa shape index (κ3) is 3.70. The maximum absolute atomic E-state index is 12.4. The molecule has 138 valence electrons. The summed E-state index contributed by atoms with van der Waals surface area (Å²) in [4.78, 5) is 14.3. The lowest BCUT2D eigenvalue weighted by molar-refractivity contribution is -0.141. The molecule has 0 unspecified atom stereocenters. The molecule has 1 aliphatic carbocycles. The first-order valence-electron chi connectivity index (χ1n) is 9.15. The normalized spacial score (nSPS) is 23.1. The van der Waals surface area contributed by atoms with Crippen molar-refractivity contribution in [3.63, 3.8) is 0 Å². The van der Waals surface area contributed by atoms with Crippen molar-refractivity contribution in [2.45, 2.75) is 44.9 Å². The zero-order valence-electron chi connectivity index (χ0n) is 15.1. The first-order chi connectivity index (χ1) is 12.6. The first-order valence-corrected chi connectivity index (χ1v) is 9.15. The van der Waals surface area contributed by atoms with Crippen molar-refractivity contribution in [1.82, 2.24) is 25.1 Å². The van der Waals surface area contributed by atoms with E-state index in [1.807, 2.05) is 47.7 Å². The summed E-state index contributed by atoms with van der Waals surface area (Å²) >= 11 is 0. The third-order valence-electron chi connectivity index (χ3n) is 4.74. The van der Waals surface area contributed by atoms with Gasteiger partial charge in [-0.25, -0.2) is 4.68 Å². The van der Waals surface area contributed by atoms with Crippen molar-refractivity contribution in [3.8, 4) is 11.4 Å². The van der Waals surface area contributed by atoms with Crippen LogP contribution in [-0.4, -0.2) is 62.9 Å². The molecule has 4 rings (SSSR count). The largest absolute Gasteiger partial charge is 0.376 e. The predicted molar refractivity (Wildman–Crippen MR) is 96.6 cm³/mol. The molecule has 1 aromatic carbocycles. The molecular weight excluding hydrogens is 332 g/mol. The number of tetrazole rings is 1. The molecule has 0 radical (unpaired) electrons. The van der Waals surface area contributed by atoms with Gasteiger partial charge in [0.1, 0.15) is 0 Å². The number of aromatic nitrogens is 4. The topological polar surface area (TPSA) is 85.2 Å². The van der Waals surface area contributed by atoms with E-state index in [0.29, 0.717) is 19.1 Å². The zero-order chi connectivity index (χ0) is 18.1. The molecular formula is C18H24N6O2. The van der Waals surface area contributed by atoms with Crippen LogP contribution in [0.25, 0.3) is 11.4 Å². The maximum Gasteiger partial charge on any atom is 0.242 e. The molecule has 1 saturated heterocycles. The van der Waals surface area contributed by atoms with Crippen molar-refractivity contribution >= 4 is 11.6 Å². The minimum Gasteiger partial charge on any atom is -0.376 e. The van der Waals surface area contributed by atoms with E-state index in [2.05, 4.69) is 20.8 Å². The van der Waals surface area contributed by atoms with Crippen LogP contribution in [0.5, 0.6) is 0 Å². The molecule has 1 aromatic heterocycles. The third-order valence-corrected chi connectivity index (χ3v) is 4.74. The fourth-order valence-electron chi connectivity index (χ4n) is 3.36. The van der Waals surface area contributed by atoms with Crippen molar-refractivity contribution in [1.29, 1.82) is 0 Å². The second-order valence-corrected chi connectivity index (χ2v) is 7.17. The highest BCUT2D eigenvalue weighted by molar-refractivity contribution is 5.81. The SMILES string of the molecule is C[C@H]1CN(C(=O)CNc2ccc(-c3nnnn3C3CC3)cc2)C[C@H](C)O1. The summed E-state index contributed by atoms with van der Waals surface area (Å²) in [6, 6.07) is 8.32. The summed E-state index contributed by atoms with van der Waals surface area (Å²) in [5, 5.41) is 15.2. The first kappa shape index (κ1) is 17.0. The van der Waals surface area contributed by atoms with Gasteiger partial charge in [0.25, 0.3) is 0 Å². The molecule has 2 atom stereocenters. The van der Waals surface area contributed by atoms with Crippen molar-refractivity contribution in [2.24, 2.45) is 0 Å². The van der Waals surface area contributed by atoms with Crippen LogP contribution in [0, 0.1) is 0 Å². The molecule has 2 fully saturated rings. The number of hydrogen-bond acceptors (Lipinski definition) is 6. The fraction of sp³-hybridized carbons (Fsp3) is 0.556. The van der Waals surface area contributed by atoms with Crippen LogP contribution in [-0.2, 0) is 9.53 Å². The Balaban J connectivity index is 1.35. The van der Waals surface area contributed by atoms with Gasteiger partial charge in [-0.3, -0.25) is 4.79 Å². The summed E-state index contributed by atoms with van der Waals surface area (Å²) in [5.74, 6) is 0.889. The van der Waals surface area contributed by atoms with E-state index in [1.54, 1.807) is 0 Å². The molecule has 0 bridgehead atoms. The Kier molecular flexibility index (Phi) is 4.58. The number of rotatable bonds is 5. The number of benzene rings is 1. The van der Waals surface area contributed by atoms with Crippen LogP contribution in [0.15, 0.2) is 24.3 Å². The number of ether oxygens (including phenoxy) is 1. The number of nitrogens with zero attached hydrogens (tertiary/aromatic N) is 5. The van der Waals surface area contributed by atoms with Crippen LogP contribution < -0.4 is 5.32 Å². The van der Waals surface area contributed by atoms with E-state index in [0.717, 1.165) is 29.9 Å². The Bertz CT molecular complexity index is 760. The summed E-state index contributed by atoms with van der Waals surface area (Å²) in [6.07, 6.45) is 2.44. The van der Waals surface area contributed by atoms with Crippen molar-refractivity contribution in [3.05, 3.63) is 24.3 Å². The molecule has 0 spiro atoms. The number of nitrogens with one attached hydrogen (secondary N) is 1. The van der Waals surface area contributed by atoms with E-state index in [9.17, 15) is 4.79 Å². The average Bonchev–Trinajstić information content (AvgIpc) is 3.36. The second kappa shape index (κ2) is 7.03. The standard InChI is InChI=1S/C18H24N6O2/c1-12-10-23(11-13(2)26-12)17(25)9-19-15-5-3-14(4-6-15)18-20-21-22-24(18)16-7-8-16/h3-6,12-13,16,19H,7-11H2,1-2H3/t12-,13-/m0/s1. The number of carbonyl (C=O) groups is 1. The van der Waals surface area contributed by atoms with Gasteiger partial charge in [-0.15, -0.1) is 5.10 Å². The highest BCUT2D eigenvalue weighted by Gasteiger charge is 2.28. The molecule has 2 aromatic rings. The summed E-state index contributed by atoms with van der Waals surface area (Å²) in [5.41, 5.74) is 1.89. The predicted octanol–water partition coefficient (Wildman–Crippen LogP) is 1.72. The van der Waals surface area contributed by atoms with E-state index < -0.39 is 0 Å². The van der Waals surface area contributed by atoms with Gasteiger partial charge in [0, 0.05) is 24.3 Å². The summed E-state index contributed by atoms with van der Waals surface area (Å²) < 4.78 is 7.57. The number of morpholine rings is 1. The quantitative estimate of drug-likeness (QED) is 0.878. The minimum atomic E-state index is 0.0828. The van der Waals surface area contributed by atoms with Crippen LogP contribution in [0.3, 0.4) is 0 Å². The molecule has 1 N–H and O–H groups in total. The average molecular weight is 356 g/mol. The van der Waals surface area contributed by atoms with Gasteiger partial charge in [-0.2, -0.15) is 0 Å². The molecule has 2 aliphatic rings. The maximum atomic E-state index is 12.4. The minimum absolute atomic E-state index is 0.0828. The summed E-state index contributed by atoms with van der Waals surface area (Å²) in [6.45, 7) is 5.56. The van der Waals surface area contributed by atoms with Gasteiger partial charge >= 0.3 is 0 Å². The van der Waals surface area contributed by atoms with Gasteiger partial charge in [0.05, 0.1) is 24.8 Å². The second-order valence-electron chi connectivity index (χ2n) is 7.17. The molecule has 1 saturated carbocycles. The van der Waals surface area contributed by atoms with E-state index in [-0.39, 0.29) is 24.7 Å². The van der Waals surface area contributed by atoms with Gasteiger partial charge in [0.2, 0.25) is 5.91 Å². The molecule has 8 heteroatoms. The fourth-order valence-corrected chi connectivity index (χ4v) is 3.36. The van der Waals surface area contributed by atoms with Gasteiger partial charge in [-0.05, 0) is 61.4 Å². The molecule has 2 heterocycles. The lowest BCUT2D eigenvalue weighted by atomic mass is 10.2. The van der Waals surface area contributed by atoms with Gasteiger partial charge in [-0.1, -0.05) is 0 Å². The Labute approximate surface area is 152 Å². The molecule has 1 amide bonds. The van der Waals surface area contributed by atoms with Gasteiger partial charge in [0.15, 0.2) is 5.82 Å². The zero-order valence-corrected chi connectivity index (χ0v) is 15.1. The highest BCUT2D eigenvalue weighted by atomic mass is 16.5. The smallest absolute Gasteiger partial charge is 0.242 e. The number of anilines is 1. The number of hydrogen-bond donors (Lipinski definition) is 1. The van der Waals surface area contributed by atoms with Crippen molar-refractivity contribution < 1.29 is 9.53 Å². The van der Waals surface area contributed by atoms with E-state index in [4.69, 9.17) is 4.74 Å². The highest BCUT2D eigenvalue weighted by Crippen LogP contribution is 2.36. The van der Waals surface area contributed by atoms with E-state index in [1.165, 1.54) is 0 Å². The molecule has 1 aliphatic heterocycles.